The molecule has 142 valence electrons. The van der Waals surface area contributed by atoms with E-state index in [0.717, 1.165) is 19.0 Å². The Morgan fingerprint density at radius 1 is 1.48 bits per heavy atom. The van der Waals surface area contributed by atoms with Gasteiger partial charge in [-0.15, -0.1) is 0 Å². The number of halogens is 1. The van der Waals surface area contributed by atoms with E-state index in [1.54, 1.807) is 24.1 Å². The number of carboxylic acids is 1. The van der Waals surface area contributed by atoms with Crippen LogP contribution in [0, 0.1) is 23.1 Å². The molecule has 2 aromatic rings. The Bertz CT molecular complexity index is 913. The summed E-state index contributed by atoms with van der Waals surface area (Å²) in [7, 11) is 1.78. The molecule has 8 nitrogen and oxygen atoms in total. The summed E-state index contributed by atoms with van der Waals surface area (Å²) in [6, 6.07) is -0.414. The zero-order chi connectivity index (χ0) is 19.2. The summed E-state index contributed by atoms with van der Waals surface area (Å²) >= 11 is 0. The maximum absolute atomic E-state index is 14.3. The lowest BCUT2D eigenvalue weighted by atomic mass is 9.74. The highest BCUT2D eigenvalue weighted by Crippen LogP contribution is 2.56. The number of nitrogens with zero attached hydrogens (tertiary/aromatic N) is 4. The van der Waals surface area contributed by atoms with Gasteiger partial charge in [0.1, 0.15) is 0 Å². The third kappa shape index (κ3) is 2.92. The van der Waals surface area contributed by atoms with E-state index in [-0.39, 0.29) is 23.1 Å². The molecule has 2 heterocycles. The number of aromatic nitrogens is 4. The van der Waals surface area contributed by atoms with Crippen LogP contribution < -0.4 is 10.6 Å². The minimum absolute atomic E-state index is 0.000145. The molecule has 4 rings (SSSR count). The molecule has 27 heavy (non-hydrogen) atoms. The maximum Gasteiger partial charge on any atom is 0.309 e. The summed E-state index contributed by atoms with van der Waals surface area (Å²) in [5, 5.41) is 19.8. The fourth-order valence-corrected chi connectivity index (χ4v) is 4.35. The van der Waals surface area contributed by atoms with Crippen molar-refractivity contribution in [3.05, 3.63) is 36.6 Å². The van der Waals surface area contributed by atoms with Crippen LogP contribution in [0.4, 0.5) is 21.8 Å². The average molecular weight is 372 g/mol. The first-order chi connectivity index (χ1) is 12.9. The number of carbonyl (C=O) groups is 1. The van der Waals surface area contributed by atoms with Gasteiger partial charge in [-0.1, -0.05) is 19.1 Å². The second-order valence-electron chi connectivity index (χ2n) is 7.22. The summed E-state index contributed by atoms with van der Waals surface area (Å²) in [6.07, 6.45) is 9.95. The summed E-state index contributed by atoms with van der Waals surface area (Å²) in [4.78, 5) is 20.1. The van der Waals surface area contributed by atoms with Gasteiger partial charge in [0.25, 0.3) is 0 Å². The third-order valence-electron chi connectivity index (χ3n) is 5.66. The van der Waals surface area contributed by atoms with Crippen molar-refractivity contribution in [2.45, 2.75) is 25.8 Å². The largest absolute Gasteiger partial charge is 0.481 e. The molecule has 0 unspecified atom stereocenters. The predicted octanol–water partition coefficient (Wildman–Crippen LogP) is 2.56. The van der Waals surface area contributed by atoms with E-state index < -0.39 is 23.7 Å². The van der Waals surface area contributed by atoms with Gasteiger partial charge in [-0.05, 0) is 18.8 Å². The minimum atomic E-state index is -0.871. The maximum atomic E-state index is 14.3. The van der Waals surface area contributed by atoms with Crippen LogP contribution in [0.5, 0.6) is 0 Å². The smallest absolute Gasteiger partial charge is 0.309 e. The summed E-state index contributed by atoms with van der Waals surface area (Å²) in [5.74, 6) is -1.86. The first kappa shape index (κ1) is 17.4. The summed E-state index contributed by atoms with van der Waals surface area (Å²) in [6.45, 7) is 1.99. The van der Waals surface area contributed by atoms with E-state index >= 15 is 0 Å². The number of hydrogen-bond acceptors (Lipinski definition) is 6. The van der Waals surface area contributed by atoms with E-state index in [1.165, 1.54) is 0 Å². The number of carboxylic acid groups (broad SMARTS) is 1. The molecule has 2 aromatic heterocycles. The minimum Gasteiger partial charge on any atom is -0.481 e. The van der Waals surface area contributed by atoms with Crippen molar-refractivity contribution in [3.8, 4) is 0 Å². The van der Waals surface area contributed by atoms with Crippen LogP contribution in [0.2, 0.25) is 0 Å². The first-order valence-electron chi connectivity index (χ1n) is 8.89. The highest BCUT2D eigenvalue weighted by atomic mass is 19.1. The second kappa shape index (κ2) is 6.33. The normalized spacial score (nSPS) is 28.5. The zero-order valence-corrected chi connectivity index (χ0v) is 15.1. The molecule has 0 saturated heterocycles. The average Bonchev–Trinajstić information content (AvgIpc) is 3.31. The van der Waals surface area contributed by atoms with Crippen molar-refractivity contribution >= 4 is 23.4 Å². The van der Waals surface area contributed by atoms with Gasteiger partial charge in [-0.3, -0.25) is 9.48 Å². The molecular formula is C18H21FN6O2. The SMILES string of the molecule is CC[C@]12C=C[C@H](C1)[C@H](Nc1nc(Nc3cnn(C)c3)ncc1F)[C@@H]2C(=O)O. The van der Waals surface area contributed by atoms with Crippen LogP contribution >= 0.6 is 0 Å². The van der Waals surface area contributed by atoms with Crippen molar-refractivity contribution < 1.29 is 14.3 Å². The Morgan fingerprint density at radius 2 is 2.30 bits per heavy atom. The van der Waals surface area contributed by atoms with Gasteiger partial charge in [-0.25, -0.2) is 9.37 Å². The van der Waals surface area contributed by atoms with Crippen molar-refractivity contribution in [2.24, 2.45) is 24.3 Å². The number of anilines is 3. The van der Waals surface area contributed by atoms with E-state index in [1.807, 2.05) is 19.1 Å². The van der Waals surface area contributed by atoms with Crippen molar-refractivity contribution in [2.75, 3.05) is 10.6 Å². The highest BCUT2D eigenvalue weighted by Gasteiger charge is 2.57. The second-order valence-corrected chi connectivity index (χ2v) is 7.22. The zero-order valence-electron chi connectivity index (χ0n) is 15.1. The van der Waals surface area contributed by atoms with Crippen LogP contribution in [0.25, 0.3) is 0 Å². The lowest BCUT2D eigenvalue weighted by molar-refractivity contribution is -0.144. The molecule has 2 aliphatic rings. The van der Waals surface area contributed by atoms with Crippen molar-refractivity contribution in [1.29, 1.82) is 0 Å². The standard InChI is InChI=1S/C18H21FN6O2/c1-3-18-5-4-10(6-18)14(13(18)16(26)27)23-15-12(19)8-20-17(24-15)22-11-7-21-25(2)9-11/h4-5,7-10,13-14H,3,6H2,1-2H3,(H,26,27)(H2,20,22,23,24)/t10-,13-,14+,18+/m1/s1. The molecule has 3 N–H and O–H groups in total. The Morgan fingerprint density at radius 3 is 2.96 bits per heavy atom. The van der Waals surface area contributed by atoms with Crippen LogP contribution in [-0.2, 0) is 11.8 Å². The topological polar surface area (TPSA) is 105 Å². The molecule has 1 saturated carbocycles. The lowest BCUT2D eigenvalue weighted by Gasteiger charge is -2.33. The van der Waals surface area contributed by atoms with E-state index in [4.69, 9.17) is 0 Å². The molecule has 9 heteroatoms. The summed E-state index contributed by atoms with van der Waals surface area (Å²) in [5.41, 5.74) is 0.292. The molecule has 0 aliphatic heterocycles. The fourth-order valence-electron chi connectivity index (χ4n) is 4.35. The van der Waals surface area contributed by atoms with Gasteiger partial charge in [-0.2, -0.15) is 10.1 Å². The molecule has 2 bridgehead atoms. The van der Waals surface area contributed by atoms with Gasteiger partial charge < -0.3 is 15.7 Å². The number of hydrogen-bond donors (Lipinski definition) is 3. The van der Waals surface area contributed by atoms with E-state index in [0.29, 0.717) is 5.69 Å². The Balaban J connectivity index is 1.59. The number of aryl methyl sites for hydroxylation is 1. The Kier molecular flexibility index (Phi) is 4.09. The molecular weight excluding hydrogens is 351 g/mol. The number of rotatable bonds is 6. The van der Waals surface area contributed by atoms with Gasteiger partial charge in [0.15, 0.2) is 11.6 Å². The van der Waals surface area contributed by atoms with Crippen LogP contribution in [0.3, 0.4) is 0 Å². The quantitative estimate of drug-likeness (QED) is 0.669. The number of aliphatic carboxylic acids is 1. The van der Waals surface area contributed by atoms with Crippen molar-refractivity contribution in [3.63, 3.8) is 0 Å². The highest BCUT2D eigenvalue weighted by molar-refractivity contribution is 5.75. The predicted molar refractivity (Wildman–Crippen MR) is 97.0 cm³/mol. The molecule has 4 atom stereocenters. The van der Waals surface area contributed by atoms with E-state index in [9.17, 15) is 14.3 Å². The van der Waals surface area contributed by atoms with Crippen molar-refractivity contribution in [1.82, 2.24) is 19.7 Å². The molecule has 0 radical (unpaired) electrons. The molecule has 0 amide bonds. The van der Waals surface area contributed by atoms with Gasteiger partial charge >= 0.3 is 5.97 Å². The number of fused-ring (bicyclic) bond motifs is 2. The molecule has 1 fully saturated rings. The van der Waals surface area contributed by atoms with Crippen LogP contribution in [-0.4, -0.2) is 36.9 Å². The molecule has 2 aliphatic carbocycles. The Labute approximate surface area is 155 Å². The van der Waals surface area contributed by atoms with Crippen LogP contribution in [0.15, 0.2) is 30.7 Å². The monoisotopic (exact) mass is 372 g/mol. The Hall–Kier alpha value is -2.97. The fraction of sp³-hybridized carbons (Fsp3) is 0.444. The molecule has 0 spiro atoms. The number of allylic oxidation sites excluding steroid dienone is 1. The summed E-state index contributed by atoms with van der Waals surface area (Å²) < 4.78 is 15.9. The van der Waals surface area contributed by atoms with Gasteiger partial charge in [0, 0.05) is 24.7 Å². The van der Waals surface area contributed by atoms with Gasteiger partial charge in [0.05, 0.1) is 24.0 Å². The number of nitrogens with one attached hydrogen (secondary N) is 2. The lowest BCUT2D eigenvalue weighted by Crippen LogP contribution is -2.42. The third-order valence-corrected chi connectivity index (χ3v) is 5.66. The molecule has 0 aromatic carbocycles. The first-order valence-corrected chi connectivity index (χ1v) is 8.89. The van der Waals surface area contributed by atoms with Gasteiger partial charge in [0.2, 0.25) is 5.95 Å². The van der Waals surface area contributed by atoms with E-state index in [2.05, 4.69) is 25.7 Å². The van der Waals surface area contributed by atoms with Crippen LogP contribution in [0.1, 0.15) is 19.8 Å².